The highest BCUT2D eigenvalue weighted by Crippen LogP contribution is 2.18. The van der Waals surface area contributed by atoms with Crippen molar-refractivity contribution < 1.29 is 14.3 Å². The predicted octanol–water partition coefficient (Wildman–Crippen LogP) is 2.35. The smallest absolute Gasteiger partial charge is 0.274 e. The second-order valence-corrected chi connectivity index (χ2v) is 6.01. The Morgan fingerprint density at radius 1 is 1.20 bits per heavy atom. The Morgan fingerprint density at radius 3 is 2.60 bits per heavy atom. The molecule has 1 fully saturated rings. The zero-order valence-electron chi connectivity index (χ0n) is 14.4. The molecule has 0 spiro atoms. The van der Waals surface area contributed by atoms with E-state index >= 15 is 0 Å². The van der Waals surface area contributed by atoms with E-state index in [9.17, 15) is 4.79 Å². The summed E-state index contributed by atoms with van der Waals surface area (Å²) in [6.07, 6.45) is 1.53. The van der Waals surface area contributed by atoms with Gasteiger partial charge in [-0.05, 0) is 38.1 Å². The highest BCUT2D eigenvalue weighted by molar-refractivity contribution is 6.03. The van der Waals surface area contributed by atoms with E-state index in [1.165, 1.54) is 6.33 Å². The quantitative estimate of drug-likeness (QED) is 0.899. The van der Waals surface area contributed by atoms with Gasteiger partial charge in [-0.3, -0.25) is 4.79 Å². The normalized spacial score (nSPS) is 14.4. The van der Waals surface area contributed by atoms with Gasteiger partial charge in [0.15, 0.2) is 0 Å². The number of rotatable bonds is 5. The van der Waals surface area contributed by atoms with E-state index in [0.29, 0.717) is 24.6 Å². The first-order chi connectivity index (χ1) is 12.1. The molecular formula is C18H22N4O3. The summed E-state index contributed by atoms with van der Waals surface area (Å²) in [5, 5.41) is 2.84. The lowest BCUT2D eigenvalue weighted by molar-refractivity contribution is 0.102. The van der Waals surface area contributed by atoms with Crippen molar-refractivity contribution in [3.05, 3.63) is 42.4 Å². The van der Waals surface area contributed by atoms with Gasteiger partial charge in [0.1, 0.15) is 23.6 Å². The summed E-state index contributed by atoms with van der Waals surface area (Å²) < 4.78 is 10.9. The zero-order chi connectivity index (χ0) is 17.6. The molecule has 3 rings (SSSR count). The Bertz CT molecular complexity index is 713. The van der Waals surface area contributed by atoms with E-state index in [0.717, 1.165) is 24.7 Å². The fourth-order valence-corrected chi connectivity index (χ4v) is 2.52. The number of anilines is 2. The van der Waals surface area contributed by atoms with Crippen LogP contribution >= 0.6 is 0 Å². The lowest BCUT2D eigenvalue weighted by atomic mass is 10.2. The first-order valence-electron chi connectivity index (χ1n) is 8.34. The van der Waals surface area contributed by atoms with Crippen LogP contribution in [-0.4, -0.2) is 48.3 Å². The van der Waals surface area contributed by atoms with Gasteiger partial charge in [-0.25, -0.2) is 9.97 Å². The van der Waals surface area contributed by atoms with Crippen LogP contribution in [0.15, 0.2) is 36.7 Å². The van der Waals surface area contributed by atoms with Gasteiger partial charge in [0, 0.05) is 24.8 Å². The Morgan fingerprint density at radius 2 is 1.92 bits per heavy atom. The molecule has 0 aliphatic carbocycles. The predicted molar refractivity (Wildman–Crippen MR) is 95.2 cm³/mol. The lowest BCUT2D eigenvalue weighted by Crippen LogP contribution is -2.37. The van der Waals surface area contributed by atoms with E-state index in [4.69, 9.17) is 9.47 Å². The van der Waals surface area contributed by atoms with E-state index in [1.54, 1.807) is 18.2 Å². The maximum Gasteiger partial charge on any atom is 0.274 e. The Labute approximate surface area is 147 Å². The van der Waals surface area contributed by atoms with Crippen LogP contribution in [0.5, 0.6) is 5.75 Å². The molecule has 0 bridgehead atoms. The molecule has 1 saturated heterocycles. The van der Waals surface area contributed by atoms with Gasteiger partial charge in [0.25, 0.3) is 5.91 Å². The van der Waals surface area contributed by atoms with Crippen molar-refractivity contribution in [2.24, 2.45) is 0 Å². The molecule has 1 aromatic carbocycles. The number of carbonyl (C=O) groups is 1. The SMILES string of the molecule is CC(C)Oc1ccc(NC(=O)c2cc(N3CCOCC3)ncn2)cc1. The topological polar surface area (TPSA) is 76.6 Å². The minimum atomic E-state index is -0.269. The molecule has 25 heavy (non-hydrogen) atoms. The summed E-state index contributed by atoms with van der Waals surface area (Å²) in [6, 6.07) is 8.97. The second kappa shape index (κ2) is 7.94. The molecule has 0 unspecified atom stereocenters. The summed E-state index contributed by atoms with van der Waals surface area (Å²) >= 11 is 0. The molecule has 1 N–H and O–H groups in total. The molecule has 132 valence electrons. The van der Waals surface area contributed by atoms with Crippen LogP contribution in [0, 0.1) is 0 Å². The highest BCUT2D eigenvalue weighted by atomic mass is 16.5. The van der Waals surface area contributed by atoms with E-state index in [-0.39, 0.29) is 12.0 Å². The second-order valence-electron chi connectivity index (χ2n) is 6.01. The van der Waals surface area contributed by atoms with Gasteiger partial charge in [0.05, 0.1) is 19.3 Å². The molecule has 7 nitrogen and oxygen atoms in total. The summed E-state index contributed by atoms with van der Waals surface area (Å²) in [6.45, 7) is 6.78. The first kappa shape index (κ1) is 17.2. The van der Waals surface area contributed by atoms with E-state index in [2.05, 4.69) is 20.2 Å². The van der Waals surface area contributed by atoms with E-state index in [1.807, 2.05) is 26.0 Å². The Hall–Kier alpha value is -2.67. The molecular weight excluding hydrogens is 320 g/mol. The molecule has 7 heteroatoms. The Balaban J connectivity index is 1.66. The van der Waals surface area contributed by atoms with Crippen molar-refractivity contribution in [3.63, 3.8) is 0 Å². The van der Waals surface area contributed by atoms with Crippen LogP contribution in [0.2, 0.25) is 0 Å². The van der Waals surface area contributed by atoms with Gasteiger partial charge in [0.2, 0.25) is 0 Å². The number of morpholine rings is 1. The number of carbonyl (C=O) groups excluding carboxylic acids is 1. The number of nitrogens with one attached hydrogen (secondary N) is 1. The van der Waals surface area contributed by atoms with Crippen LogP contribution < -0.4 is 15.0 Å². The number of hydrogen-bond acceptors (Lipinski definition) is 6. The molecule has 0 saturated carbocycles. The molecule has 1 aliphatic heterocycles. The van der Waals surface area contributed by atoms with Crippen molar-refractivity contribution in [1.29, 1.82) is 0 Å². The number of benzene rings is 1. The average Bonchev–Trinajstić information content (AvgIpc) is 2.64. The van der Waals surface area contributed by atoms with Gasteiger partial charge in [-0.2, -0.15) is 0 Å². The molecule has 0 atom stereocenters. The largest absolute Gasteiger partial charge is 0.491 e. The van der Waals surface area contributed by atoms with Crippen molar-refractivity contribution in [1.82, 2.24) is 9.97 Å². The zero-order valence-corrected chi connectivity index (χ0v) is 14.4. The Kier molecular flexibility index (Phi) is 5.45. The van der Waals surface area contributed by atoms with Crippen LogP contribution in [0.3, 0.4) is 0 Å². The minimum absolute atomic E-state index is 0.111. The standard InChI is InChI=1S/C18H22N4O3/c1-13(2)25-15-5-3-14(4-6-15)21-18(23)16-11-17(20-12-19-16)22-7-9-24-10-8-22/h3-6,11-13H,7-10H2,1-2H3,(H,21,23). The first-order valence-corrected chi connectivity index (χ1v) is 8.34. The summed E-state index contributed by atoms with van der Waals surface area (Å²) in [7, 11) is 0. The fourth-order valence-electron chi connectivity index (χ4n) is 2.52. The third kappa shape index (κ3) is 4.67. The third-order valence-corrected chi connectivity index (χ3v) is 3.70. The number of amides is 1. The number of hydrogen-bond donors (Lipinski definition) is 1. The van der Waals surface area contributed by atoms with Gasteiger partial charge in [-0.15, -0.1) is 0 Å². The monoisotopic (exact) mass is 342 g/mol. The van der Waals surface area contributed by atoms with Gasteiger partial charge in [-0.1, -0.05) is 0 Å². The summed E-state index contributed by atoms with van der Waals surface area (Å²) in [4.78, 5) is 22.9. The average molecular weight is 342 g/mol. The maximum atomic E-state index is 12.4. The van der Waals surface area contributed by atoms with Crippen molar-refractivity contribution in [3.8, 4) is 5.75 Å². The molecule has 1 amide bonds. The molecule has 2 aromatic rings. The fraction of sp³-hybridized carbons (Fsp3) is 0.389. The minimum Gasteiger partial charge on any atom is -0.491 e. The lowest BCUT2D eigenvalue weighted by Gasteiger charge is -2.27. The van der Waals surface area contributed by atoms with E-state index < -0.39 is 0 Å². The number of aromatic nitrogens is 2. The summed E-state index contributed by atoms with van der Waals surface area (Å²) in [5.74, 6) is 1.24. The highest BCUT2D eigenvalue weighted by Gasteiger charge is 2.15. The molecule has 2 heterocycles. The molecule has 1 aliphatic rings. The number of nitrogens with zero attached hydrogens (tertiary/aromatic N) is 3. The van der Waals surface area contributed by atoms with Crippen molar-refractivity contribution in [2.75, 3.05) is 36.5 Å². The van der Waals surface area contributed by atoms with Crippen LogP contribution in [0.1, 0.15) is 24.3 Å². The third-order valence-electron chi connectivity index (χ3n) is 3.70. The van der Waals surface area contributed by atoms with Crippen molar-refractivity contribution >= 4 is 17.4 Å². The van der Waals surface area contributed by atoms with Crippen LogP contribution in [0.25, 0.3) is 0 Å². The van der Waals surface area contributed by atoms with Gasteiger partial charge < -0.3 is 19.7 Å². The van der Waals surface area contributed by atoms with Crippen LogP contribution in [0.4, 0.5) is 11.5 Å². The van der Waals surface area contributed by atoms with Gasteiger partial charge >= 0.3 is 0 Å². The molecule has 0 radical (unpaired) electrons. The summed E-state index contributed by atoms with van der Waals surface area (Å²) in [5.41, 5.74) is 1.02. The number of ether oxygens (including phenoxy) is 2. The van der Waals surface area contributed by atoms with Crippen LogP contribution in [-0.2, 0) is 4.74 Å². The maximum absolute atomic E-state index is 12.4. The van der Waals surface area contributed by atoms with Crippen molar-refractivity contribution in [2.45, 2.75) is 20.0 Å². The molecule has 1 aromatic heterocycles.